The average molecular weight is 295 g/mol. The minimum Gasteiger partial charge on any atom is 0 e. The molecule has 0 rings (SSSR count). The minimum absolute atomic E-state index is 0. The van der Waals surface area contributed by atoms with E-state index in [2.05, 4.69) is 0 Å². The Labute approximate surface area is 83.0 Å². The molecule has 0 atom stereocenters. The van der Waals surface area contributed by atoms with Gasteiger partial charge < -0.3 is 0 Å². The van der Waals surface area contributed by atoms with E-state index >= 15 is 0 Å². The third-order valence-electron chi connectivity index (χ3n) is 0. The largest absolute Gasteiger partial charge is 0 e. The summed E-state index contributed by atoms with van der Waals surface area (Å²) in [6, 6.07) is 0. The fourth-order valence-electron chi connectivity index (χ4n) is 0. The first-order chi connectivity index (χ1) is 0. The Hall–Kier alpha value is 2.53. The number of hydrogen-bond donors (Lipinski definition) is 0. The summed E-state index contributed by atoms with van der Waals surface area (Å²) in [4.78, 5) is 0. The van der Waals surface area contributed by atoms with Crippen LogP contribution in [0.2, 0.25) is 0 Å². The molecule has 5 radical (unpaired) electrons. The summed E-state index contributed by atoms with van der Waals surface area (Å²) < 4.78 is 0. The fraction of sp³-hybridized carbons (Fsp3) is 0. The summed E-state index contributed by atoms with van der Waals surface area (Å²) in [5.41, 5.74) is 0. The fourth-order valence-corrected chi connectivity index (χ4v) is 0. The maximum atomic E-state index is 0. The van der Waals surface area contributed by atoms with Gasteiger partial charge in [-0.05, 0) is 0 Å². The zero-order valence-electron chi connectivity index (χ0n) is 1.67. The van der Waals surface area contributed by atoms with Crippen LogP contribution in [0.5, 0.6) is 0 Å². The molecule has 0 aliphatic heterocycles. The van der Waals surface area contributed by atoms with E-state index in [-0.39, 0.29) is 83.9 Å². The quantitative estimate of drug-likeness (QED) is 0.589. The van der Waals surface area contributed by atoms with Crippen LogP contribution in [0.25, 0.3) is 0 Å². The van der Waals surface area contributed by atoms with Crippen LogP contribution in [0, 0.1) is 0 Å². The van der Waals surface area contributed by atoms with E-state index in [9.17, 15) is 0 Å². The van der Waals surface area contributed by atoms with Crippen molar-refractivity contribution in [3.05, 3.63) is 0 Å². The Morgan fingerprint density at radius 3 is 0.200 bits per heavy atom. The summed E-state index contributed by atoms with van der Waals surface area (Å²) in [6.07, 6.45) is 0. The van der Waals surface area contributed by atoms with Gasteiger partial charge in [-0.25, -0.2) is 0 Å². The van der Waals surface area contributed by atoms with Gasteiger partial charge in [-0.15, -0.1) is 0 Å². The van der Waals surface area contributed by atoms with E-state index < -0.39 is 0 Å². The Kier molecular flexibility index (Phi) is 313. The molecule has 0 saturated carbocycles. The second-order valence-corrected chi connectivity index (χ2v) is 0. The third kappa shape index (κ3) is 20.9. The maximum absolute atomic E-state index is 0. The predicted molar refractivity (Wildman–Crippen MR) is 0 cm³/mol. The maximum Gasteiger partial charge on any atom is 0 e. The molecular formula is Co5. The van der Waals surface area contributed by atoms with Gasteiger partial charge in [-0.3, -0.25) is 0 Å². The standard InChI is InChI=1S/5Co. The molecule has 0 aromatic heterocycles. The molecule has 5 heteroatoms. The van der Waals surface area contributed by atoms with Crippen LogP contribution in [-0.4, -0.2) is 0 Å². The van der Waals surface area contributed by atoms with E-state index in [0.29, 0.717) is 0 Å². The molecule has 0 unspecified atom stereocenters. The molecule has 5 heavy (non-hydrogen) atoms. The molecule has 0 aromatic carbocycles. The van der Waals surface area contributed by atoms with Crippen LogP contribution in [0.3, 0.4) is 0 Å². The summed E-state index contributed by atoms with van der Waals surface area (Å²) in [7, 11) is 0. The van der Waals surface area contributed by atoms with E-state index in [0.717, 1.165) is 0 Å². The van der Waals surface area contributed by atoms with E-state index in [1.165, 1.54) is 0 Å². The molecule has 45 valence electrons. The SMILES string of the molecule is [Co].[Co].[Co].[Co].[Co]. The molecule has 0 fully saturated rings. The smallest absolute Gasteiger partial charge is 0 e. The van der Waals surface area contributed by atoms with Gasteiger partial charge in [0, 0.05) is 83.9 Å². The molecule has 0 aliphatic rings. The van der Waals surface area contributed by atoms with Crippen molar-refractivity contribution in [2.45, 2.75) is 0 Å². The van der Waals surface area contributed by atoms with E-state index in [1.807, 2.05) is 0 Å². The van der Waals surface area contributed by atoms with Gasteiger partial charge in [0.25, 0.3) is 0 Å². The van der Waals surface area contributed by atoms with Crippen molar-refractivity contribution in [1.82, 2.24) is 0 Å². The molecular weight excluding hydrogens is 295 g/mol. The zero-order chi connectivity index (χ0) is 0. The predicted octanol–water partition coefficient (Wildman–Crippen LogP) is -0.0125. The molecule has 0 heterocycles. The van der Waals surface area contributed by atoms with Gasteiger partial charge >= 0.3 is 0 Å². The van der Waals surface area contributed by atoms with Gasteiger partial charge in [0.2, 0.25) is 0 Å². The van der Waals surface area contributed by atoms with Crippen LogP contribution < -0.4 is 0 Å². The summed E-state index contributed by atoms with van der Waals surface area (Å²) in [6.45, 7) is 0. The Morgan fingerprint density at radius 2 is 0.200 bits per heavy atom. The van der Waals surface area contributed by atoms with Gasteiger partial charge in [0.05, 0.1) is 0 Å². The first kappa shape index (κ1) is 50.1. The molecule has 0 nitrogen and oxygen atoms in total. The van der Waals surface area contributed by atoms with Gasteiger partial charge in [-0.2, -0.15) is 0 Å². The van der Waals surface area contributed by atoms with E-state index in [4.69, 9.17) is 0 Å². The monoisotopic (exact) mass is 295 g/mol. The van der Waals surface area contributed by atoms with Gasteiger partial charge in [0.1, 0.15) is 0 Å². The Bertz CT molecular complexity index is 0. The summed E-state index contributed by atoms with van der Waals surface area (Å²) in [5, 5.41) is 0. The van der Waals surface area contributed by atoms with Crippen molar-refractivity contribution < 1.29 is 83.9 Å². The number of rotatable bonds is 0. The second kappa shape index (κ2) is 31.2. The molecule has 0 aromatic rings. The van der Waals surface area contributed by atoms with Gasteiger partial charge in [-0.1, -0.05) is 0 Å². The van der Waals surface area contributed by atoms with Crippen molar-refractivity contribution >= 4 is 0 Å². The van der Waals surface area contributed by atoms with Crippen molar-refractivity contribution in [2.75, 3.05) is 0 Å². The Balaban J connectivity index is 0. The summed E-state index contributed by atoms with van der Waals surface area (Å²) >= 11 is 0. The number of hydrogen-bond acceptors (Lipinski definition) is 0. The summed E-state index contributed by atoms with van der Waals surface area (Å²) in [5.74, 6) is 0. The van der Waals surface area contributed by atoms with Crippen molar-refractivity contribution in [1.29, 1.82) is 0 Å². The molecule has 0 amide bonds. The van der Waals surface area contributed by atoms with Crippen LogP contribution in [-0.2, 0) is 83.9 Å². The Morgan fingerprint density at radius 1 is 0.200 bits per heavy atom. The van der Waals surface area contributed by atoms with Crippen LogP contribution in [0.15, 0.2) is 0 Å². The minimum atomic E-state index is 0. The van der Waals surface area contributed by atoms with Crippen LogP contribution in [0.1, 0.15) is 0 Å². The first-order valence-corrected chi connectivity index (χ1v) is 0. The molecule has 0 bridgehead atoms. The molecule has 0 aliphatic carbocycles. The van der Waals surface area contributed by atoms with E-state index in [1.54, 1.807) is 0 Å². The first-order valence-electron chi connectivity index (χ1n) is 0. The van der Waals surface area contributed by atoms with Crippen molar-refractivity contribution in [3.8, 4) is 0 Å². The van der Waals surface area contributed by atoms with Crippen LogP contribution in [0.4, 0.5) is 0 Å². The molecule has 0 spiro atoms. The van der Waals surface area contributed by atoms with Crippen LogP contribution >= 0.6 is 0 Å². The molecule has 0 N–H and O–H groups in total. The second-order valence-electron chi connectivity index (χ2n) is 0. The normalized spacial score (nSPS) is 0. The van der Waals surface area contributed by atoms with Crippen molar-refractivity contribution in [2.24, 2.45) is 0 Å². The third-order valence-corrected chi connectivity index (χ3v) is 0. The van der Waals surface area contributed by atoms with Gasteiger partial charge in [0.15, 0.2) is 0 Å². The average Bonchev–Trinajstić information content (AvgIpc) is 0. The topological polar surface area (TPSA) is 0 Å². The zero-order valence-corrected chi connectivity index (χ0v) is 6.87. The van der Waals surface area contributed by atoms with Crippen molar-refractivity contribution in [3.63, 3.8) is 0 Å². The molecule has 0 saturated heterocycles.